The highest BCUT2D eigenvalue weighted by Gasteiger charge is 2.24. The minimum Gasteiger partial charge on any atom is -0.394 e. The quantitative estimate of drug-likeness (QED) is 0.575. The van der Waals surface area contributed by atoms with Crippen molar-refractivity contribution in [2.45, 2.75) is 45.7 Å². The lowest BCUT2D eigenvalue weighted by Gasteiger charge is -2.22. The van der Waals surface area contributed by atoms with Crippen LogP contribution in [0.15, 0.2) is 0 Å². The molecule has 0 saturated carbocycles. The predicted molar refractivity (Wildman–Crippen MR) is 70.5 cm³/mol. The molecule has 0 bridgehead atoms. The zero-order valence-electron chi connectivity index (χ0n) is 11.4. The zero-order chi connectivity index (χ0) is 14.3. The largest absolute Gasteiger partial charge is 0.394 e. The minimum absolute atomic E-state index is 0.157. The predicted octanol–water partition coefficient (Wildman–Crippen LogP) is -0.163. The third-order valence-corrected chi connectivity index (χ3v) is 3.15. The fraction of sp³-hybridized carbons (Fsp3) is 0.909. The molecule has 1 amide bonds. The van der Waals surface area contributed by atoms with Crippen LogP contribution in [0.5, 0.6) is 0 Å². The van der Waals surface area contributed by atoms with E-state index in [4.69, 9.17) is 5.11 Å². The number of sulfonamides is 1. The van der Waals surface area contributed by atoms with E-state index in [0.717, 1.165) is 6.26 Å². The summed E-state index contributed by atoms with van der Waals surface area (Å²) in [4.78, 5) is 11.9. The fourth-order valence-electron chi connectivity index (χ4n) is 1.52. The molecule has 3 N–H and O–H groups in total. The Labute approximate surface area is 109 Å². The van der Waals surface area contributed by atoms with Gasteiger partial charge in [-0.05, 0) is 18.8 Å². The second-order valence-corrected chi connectivity index (χ2v) is 6.65. The van der Waals surface area contributed by atoms with Gasteiger partial charge in [0.15, 0.2) is 0 Å². The molecule has 0 heterocycles. The highest BCUT2D eigenvalue weighted by molar-refractivity contribution is 7.88. The summed E-state index contributed by atoms with van der Waals surface area (Å²) in [7, 11) is -3.44. The van der Waals surface area contributed by atoms with Gasteiger partial charge >= 0.3 is 0 Å². The number of amides is 1. The van der Waals surface area contributed by atoms with E-state index in [1.165, 1.54) is 0 Å². The maximum absolute atomic E-state index is 11.9. The Bertz CT molecular complexity index is 350. The number of nitrogens with one attached hydrogen (secondary N) is 2. The lowest BCUT2D eigenvalue weighted by atomic mass is 10.0. The molecule has 18 heavy (non-hydrogen) atoms. The molecule has 0 aliphatic rings. The molecule has 6 nitrogen and oxygen atoms in total. The third-order valence-electron chi connectivity index (χ3n) is 2.44. The minimum atomic E-state index is -3.44. The van der Waals surface area contributed by atoms with Crippen molar-refractivity contribution >= 4 is 15.9 Å². The Balaban J connectivity index is 4.69. The number of hydrogen-bond donors (Lipinski definition) is 3. The monoisotopic (exact) mass is 280 g/mol. The van der Waals surface area contributed by atoms with Gasteiger partial charge in [-0.2, -0.15) is 0 Å². The van der Waals surface area contributed by atoms with Crippen molar-refractivity contribution in [2.24, 2.45) is 5.92 Å². The van der Waals surface area contributed by atoms with Crippen molar-refractivity contribution in [2.75, 3.05) is 12.9 Å². The Kier molecular flexibility index (Phi) is 7.42. The molecule has 0 aromatic heterocycles. The van der Waals surface area contributed by atoms with Crippen LogP contribution in [0.2, 0.25) is 0 Å². The van der Waals surface area contributed by atoms with Gasteiger partial charge in [-0.1, -0.05) is 20.8 Å². The van der Waals surface area contributed by atoms with Crippen molar-refractivity contribution in [3.8, 4) is 0 Å². The van der Waals surface area contributed by atoms with E-state index in [1.54, 1.807) is 0 Å². The summed E-state index contributed by atoms with van der Waals surface area (Å²) < 4.78 is 24.7. The molecular weight excluding hydrogens is 256 g/mol. The molecule has 0 saturated heterocycles. The normalized spacial score (nSPS) is 15.4. The van der Waals surface area contributed by atoms with E-state index in [1.807, 2.05) is 20.8 Å². The van der Waals surface area contributed by atoms with Gasteiger partial charge in [-0.25, -0.2) is 13.1 Å². The average molecular weight is 280 g/mol. The maximum Gasteiger partial charge on any atom is 0.238 e. The van der Waals surface area contributed by atoms with Gasteiger partial charge in [0, 0.05) is 0 Å². The first-order valence-corrected chi connectivity index (χ1v) is 7.97. The van der Waals surface area contributed by atoms with Crippen LogP contribution < -0.4 is 10.0 Å². The van der Waals surface area contributed by atoms with Gasteiger partial charge in [0.2, 0.25) is 15.9 Å². The van der Waals surface area contributed by atoms with Gasteiger partial charge in [-0.3, -0.25) is 4.79 Å². The van der Waals surface area contributed by atoms with Crippen LogP contribution in [-0.2, 0) is 14.8 Å². The van der Waals surface area contributed by atoms with Crippen LogP contribution in [0, 0.1) is 5.92 Å². The van der Waals surface area contributed by atoms with Crippen molar-refractivity contribution in [1.82, 2.24) is 10.0 Å². The summed E-state index contributed by atoms with van der Waals surface area (Å²) in [6, 6.07) is -1.13. The van der Waals surface area contributed by atoms with Crippen LogP contribution in [0.1, 0.15) is 33.6 Å². The molecule has 0 aliphatic carbocycles. The van der Waals surface area contributed by atoms with Crippen molar-refractivity contribution in [3.05, 3.63) is 0 Å². The second-order valence-electron chi connectivity index (χ2n) is 4.87. The number of aliphatic hydroxyl groups is 1. The summed E-state index contributed by atoms with van der Waals surface area (Å²) in [5, 5.41) is 11.6. The van der Waals surface area contributed by atoms with E-state index in [2.05, 4.69) is 10.0 Å². The Morgan fingerprint density at radius 1 is 1.33 bits per heavy atom. The molecule has 0 fully saturated rings. The second kappa shape index (κ2) is 7.70. The summed E-state index contributed by atoms with van der Waals surface area (Å²) in [6.45, 7) is 5.50. The zero-order valence-corrected chi connectivity index (χ0v) is 12.3. The van der Waals surface area contributed by atoms with E-state index in [0.29, 0.717) is 12.8 Å². The molecule has 2 unspecified atom stereocenters. The topological polar surface area (TPSA) is 95.5 Å². The number of hydrogen-bond acceptors (Lipinski definition) is 4. The molecule has 108 valence electrons. The van der Waals surface area contributed by atoms with Crippen LogP contribution >= 0.6 is 0 Å². The van der Waals surface area contributed by atoms with Gasteiger partial charge in [0.25, 0.3) is 0 Å². The van der Waals surface area contributed by atoms with E-state index in [-0.39, 0.29) is 18.6 Å². The van der Waals surface area contributed by atoms with E-state index >= 15 is 0 Å². The lowest BCUT2D eigenvalue weighted by molar-refractivity contribution is -0.124. The first kappa shape index (κ1) is 17.3. The first-order chi connectivity index (χ1) is 8.19. The number of carbonyl (C=O) groups is 1. The fourth-order valence-corrected chi connectivity index (χ4v) is 2.24. The standard InChI is InChI=1S/C11H24N2O4S/c1-5-9(7-14)12-11(15)10(6-8(2)3)13-18(4,16)17/h8-10,13-14H,5-7H2,1-4H3,(H,12,15). The summed E-state index contributed by atoms with van der Waals surface area (Å²) in [5.41, 5.74) is 0. The first-order valence-electron chi connectivity index (χ1n) is 6.08. The molecule has 7 heteroatoms. The van der Waals surface area contributed by atoms with E-state index in [9.17, 15) is 13.2 Å². The maximum atomic E-state index is 11.9. The molecule has 0 aromatic carbocycles. The molecule has 2 atom stereocenters. The van der Waals surface area contributed by atoms with Gasteiger partial charge < -0.3 is 10.4 Å². The van der Waals surface area contributed by atoms with Gasteiger partial charge in [0.05, 0.1) is 18.9 Å². The van der Waals surface area contributed by atoms with Gasteiger partial charge in [0.1, 0.15) is 6.04 Å². The highest BCUT2D eigenvalue weighted by atomic mass is 32.2. The SMILES string of the molecule is CCC(CO)NC(=O)C(CC(C)C)NS(C)(=O)=O. The highest BCUT2D eigenvalue weighted by Crippen LogP contribution is 2.06. The summed E-state index contributed by atoms with van der Waals surface area (Å²) in [5.74, 6) is -0.209. The summed E-state index contributed by atoms with van der Waals surface area (Å²) in [6.07, 6.45) is 2.03. The molecular formula is C11H24N2O4S. The Morgan fingerprint density at radius 3 is 2.22 bits per heavy atom. The molecule has 0 rings (SSSR count). The van der Waals surface area contributed by atoms with Crippen LogP contribution in [0.3, 0.4) is 0 Å². The van der Waals surface area contributed by atoms with Gasteiger partial charge in [-0.15, -0.1) is 0 Å². The summed E-state index contributed by atoms with van der Waals surface area (Å²) >= 11 is 0. The molecule has 0 radical (unpaired) electrons. The lowest BCUT2D eigenvalue weighted by Crippen LogP contribution is -2.50. The third kappa shape index (κ3) is 7.62. The van der Waals surface area contributed by atoms with Crippen molar-refractivity contribution in [3.63, 3.8) is 0 Å². The molecule has 0 spiro atoms. The van der Waals surface area contributed by atoms with Crippen LogP contribution in [0.4, 0.5) is 0 Å². The Hall–Kier alpha value is -0.660. The molecule has 0 aromatic rings. The van der Waals surface area contributed by atoms with Crippen molar-refractivity contribution in [1.29, 1.82) is 0 Å². The van der Waals surface area contributed by atoms with Crippen molar-refractivity contribution < 1.29 is 18.3 Å². The van der Waals surface area contributed by atoms with Crippen LogP contribution in [-0.4, -0.2) is 44.4 Å². The smallest absolute Gasteiger partial charge is 0.238 e. The number of rotatable bonds is 8. The molecule has 0 aliphatic heterocycles. The Morgan fingerprint density at radius 2 is 1.89 bits per heavy atom. The van der Waals surface area contributed by atoms with Crippen LogP contribution in [0.25, 0.3) is 0 Å². The van der Waals surface area contributed by atoms with E-state index < -0.39 is 22.0 Å². The average Bonchev–Trinajstić information content (AvgIpc) is 2.22. The number of carbonyl (C=O) groups excluding carboxylic acids is 1. The number of aliphatic hydroxyl groups excluding tert-OH is 1.